The first kappa shape index (κ1) is 15.0. The molecule has 1 aromatic rings. The van der Waals surface area contributed by atoms with Crippen LogP contribution in [0.25, 0.3) is 0 Å². The molecular weight excluding hydrogens is 274 g/mol. The number of hydrogen-bond donors (Lipinski definition) is 2. The highest BCUT2D eigenvalue weighted by atomic mass is 32.1. The van der Waals surface area contributed by atoms with Crippen molar-refractivity contribution < 1.29 is 15.0 Å². The average Bonchev–Trinajstić information content (AvgIpc) is 2.84. The minimum atomic E-state index is -0.190. The van der Waals surface area contributed by atoms with Crippen molar-refractivity contribution in [1.82, 2.24) is 4.90 Å². The molecular formula is C15H19NO3S. The number of carbonyl (C=O) groups is 1. The van der Waals surface area contributed by atoms with Crippen LogP contribution in [0.4, 0.5) is 0 Å². The molecule has 1 aliphatic carbocycles. The summed E-state index contributed by atoms with van der Waals surface area (Å²) in [6, 6.07) is 1.84. The van der Waals surface area contributed by atoms with Crippen molar-refractivity contribution in [3.05, 3.63) is 21.9 Å². The van der Waals surface area contributed by atoms with Crippen LogP contribution < -0.4 is 0 Å². The van der Waals surface area contributed by atoms with Crippen LogP contribution in [0.5, 0.6) is 0 Å². The van der Waals surface area contributed by atoms with E-state index in [0.29, 0.717) is 23.8 Å². The number of aliphatic hydroxyl groups excluding tert-OH is 2. The van der Waals surface area contributed by atoms with Gasteiger partial charge >= 0.3 is 0 Å². The van der Waals surface area contributed by atoms with Gasteiger partial charge in [0.05, 0.1) is 12.7 Å². The van der Waals surface area contributed by atoms with Crippen LogP contribution in [0.1, 0.15) is 34.5 Å². The lowest BCUT2D eigenvalue weighted by Gasteiger charge is -2.34. The number of nitrogens with zero attached hydrogens (tertiary/aromatic N) is 1. The summed E-state index contributed by atoms with van der Waals surface area (Å²) in [4.78, 5) is 14.7. The zero-order chi connectivity index (χ0) is 14.5. The molecule has 4 nitrogen and oxygen atoms in total. The Morgan fingerprint density at radius 3 is 2.95 bits per heavy atom. The zero-order valence-electron chi connectivity index (χ0n) is 11.5. The van der Waals surface area contributed by atoms with Crippen LogP contribution >= 0.6 is 11.3 Å². The Morgan fingerprint density at radius 2 is 2.30 bits per heavy atom. The minimum Gasteiger partial charge on any atom is -0.395 e. The lowest BCUT2D eigenvalue weighted by Crippen LogP contribution is -2.39. The SMILES string of the molecule is CN(CC1CC(O)C1)C(=O)c1sccc1C#CCCO. The highest BCUT2D eigenvalue weighted by Gasteiger charge is 2.29. The molecule has 1 amide bonds. The number of aliphatic hydroxyl groups is 2. The van der Waals surface area contributed by atoms with Gasteiger partial charge in [-0.05, 0) is 30.2 Å². The van der Waals surface area contributed by atoms with Gasteiger partial charge in [-0.2, -0.15) is 0 Å². The second-order valence-electron chi connectivity index (χ2n) is 5.12. The van der Waals surface area contributed by atoms with E-state index in [1.54, 1.807) is 11.9 Å². The Hall–Kier alpha value is -1.35. The molecule has 2 N–H and O–H groups in total. The lowest BCUT2D eigenvalue weighted by molar-refractivity contribution is 0.0266. The first-order chi connectivity index (χ1) is 9.61. The van der Waals surface area contributed by atoms with Gasteiger partial charge in [0.25, 0.3) is 5.91 Å². The van der Waals surface area contributed by atoms with E-state index in [-0.39, 0.29) is 18.6 Å². The third-order valence-electron chi connectivity index (χ3n) is 3.41. The molecule has 0 bridgehead atoms. The molecule has 5 heteroatoms. The van der Waals surface area contributed by atoms with Gasteiger partial charge in [0.15, 0.2) is 0 Å². The zero-order valence-corrected chi connectivity index (χ0v) is 12.3. The number of hydrogen-bond acceptors (Lipinski definition) is 4. The van der Waals surface area contributed by atoms with Gasteiger partial charge < -0.3 is 15.1 Å². The first-order valence-corrected chi connectivity index (χ1v) is 7.60. The quantitative estimate of drug-likeness (QED) is 0.823. The molecule has 0 saturated heterocycles. The van der Waals surface area contributed by atoms with Crippen molar-refractivity contribution in [2.45, 2.75) is 25.4 Å². The van der Waals surface area contributed by atoms with Crippen molar-refractivity contribution in [3.8, 4) is 11.8 Å². The predicted molar refractivity (Wildman–Crippen MR) is 78.6 cm³/mol. The molecule has 0 aliphatic heterocycles. The van der Waals surface area contributed by atoms with E-state index in [4.69, 9.17) is 5.11 Å². The van der Waals surface area contributed by atoms with Crippen LogP contribution in [0.15, 0.2) is 11.4 Å². The second kappa shape index (κ2) is 6.89. The third kappa shape index (κ3) is 3.60. The molecule has 0 radical (unpaired) electrons. The number of thiophene rings is 1. The summed E-state index contributed by atoms with van der Waals surface area (Å²) in [5.74, 6) is 6.16. The Labute approximate surface area is 123 Å². The molecule has 1 aromatic heterocycles. The standard InChI is InChI=1S/C15H19NO3S/c1-16(10-11-8-13(18)9-11)15(19)14-12(5-7-20-14)4-2-3-6-17/h5,7,11,13,17-18H,3,6,8-10H2,1H3. The van der Waals surface area contributed by atoms with E-state index in [1.807, 2.05) is 11.4 Å². The van der Waals surface area contributed by atoms with E-state index in [2.05, 4.69) is 11.8 Å². The number of rotatable bonds is 4. The van der Waals surface area contributed by atoms with Gasteiger partial charge in [-0.25, -0.2) is 0 Å². The third-order valence-corrected chi connectivity index (χ3v) is 4.31. The highest BCUT2D eigenvalue weighted by molar-refractivity contribution is 7.12. The Balaban J connectivity index is 1.98. The molecule has 0 spiro atoms. The molecule has 0 aromatic carbocycles. The van der Waals surface area contributed by atoms with Crippen LogP contribution in [-0.4, -0.2) is 47.3 Å². The predicted octanol–water partition coefficient (Wildman–Crippen LogP) is 1.32. The smallest absolute Gasteiger partial charge is 0.264 e. The Morgan fingerprint density at radius 1 is 1.55 bits per heavy atom. The van der Waals surface area contributed by atoms with Crippen LogP contribution in [0.2, 0.25) is 0 Å². The molecule has 2 rings (SSSR count). The normalized spacial score (nSPS) is 20.8. The fourth-order valence-corrected chi connectivity index (χ4v) is 3.12. The van der Waals surface area contributed by atoms with E-state index in [0.717, 1.165) is 18.4 Å². The highest BCUT2D eigenvalue weighted by Crippen LogP contribution is 2.28. The molecule has 0 unspecified atom stereocenters. The maximum absolute atomic E-state index is 12.4. The number of amides is 1. The van der Waals surface area contributed by atoms with Gasteiger partial charge in [0.1, 0.15) is 4.88 Å². The average molecular weight is 293 g/mol. The summed E-state index contributed by atoms with van der Waals surface area (Å²) >= 11 is 1.39. The van der Waals surface area contributed by atoms with Crippen molar-refractivity contribution in [2.24, 2.45) is 5.92 Å². The van der Waals surface area contributed by atoms with Gasteiger partial charge in [-0.1, -0.05) is 11.8 Å². The molecule has 1 saturated carbocycles. The summed E-state index contributed by atoms with van der Waals surface area (Å²) in [6.45, 7) is 0.710. The molecule has 108 valence electrons. The van der Waals surface area contributed by atoms with Gasteiger partial charge in [0, 0.05) is 25.6 Å². The van der Waals surface area contributed by atoms with Crippen molar-refractivity contribution in [2.75, 3.05) is 20.2 Å². The monoisotopic (exact) mass is 293 g/mol. The van der Waals surface area contributed by atoms with E-state index in [9.17, 15) is 9.90 Å². The first-order valence-electron chi connectivity index (χ1n) is 6.72. The maximum Gasteiger partial charge on any atom is 0.264 e. The summed E-state index contributed by atoms with van der Waals surface area (Å²) in [5.41, 5.74) is 0.731. The largest absolute Gasteiger partial charge is 0.395 e. The van der Waals surface area contributed by atoms with E-state index < -0.39 is 0 Å². The van der Waals surface area contributed by atoms with Gasteiger partial charge in [-0.3, -0.25) is 4.79 Å². The maximum atomic E-state index is 12.4. The van der Waals surface area contributed by atoms with Crippen molar-refractivity contribution in [1.29, 1.82) is 0 Å². The summed E-state index contributed by atoms with van der Waals surface area (Å²) < 4.78 is 0. The fourth-order valence-electron chi connectivity index (χ4n) is 2.28. The topological polar surface area (TPSA) is 60.8 Å². The Bertz CT molecular complexity index is 523. The minimum absolute atomic E-state index is 0.0188. The van der Waals surface area contributed by atoms with E-state index in [1.165, 1.54) is 11.3 Å². The summed E-state index contributed by atoms with van der Waals surface area (Å²) in [5, 5.41) is 19.9. The Kier molecular flexibility index (Phi) is 5.18. The van der Waals surface area contributed by atoms with Crippen LogP contribution in [-0.2, 0) is 0 Å². The molecule has 20 heavy (non-hydrogen) atoms. The van der Waals surface area contributed by atoms with Gasteiger partial charge in [0.2, 0.25) is 0 Å². The van der Waals surface area contributed by atoms with Crippen molar-refractivity contribution >= 4 is 17.2 Å². The molecule has 1 aliphatic rings. The summed E-state index contributed by atoms with van der Waals surface area (Å²) in [7, 11) is 1.79. The van der Waals surface area contributed by atoms with Gasteiger partial charge in [-0.15, -0.1) is 11.3 Å². The van der Waals surface area contributed by atoms with Crippen molar-refractivity contribution in [3.63, 3.8) is 0 Å². The van der Waals surface area contributed by atoms with Crippen LogP contribution in [0.3, 0.4) is 0 Å². The molecule has 1 heterocycles. The molecule has 1 fully saturated rings. The fraction of sp³-hybridized carbons (Fsp3) is 0.533. The van der Waals surface area contributed by atoms with Crippen LogP contribution in [0, 0.1) is 17.8 Å². The summed E-state index contributed by atoms with van der Waals surface area (Å²) in [6.07, 6.45) is 1.79. The van der Waals surface area contributed by atoms with E-state index >= 15 is 0 Å². The second-order valence-corrected chi connectivity index (χ2v) is 6.03. The molecule has 0 atom stereocenters. The lowest BCUT2D eigenvalue weighted by atomic mass is 9.82. The number of carbonyl (C=O) groups excluding carboxylic acids is 1.